The van der Waals surface area contributed by atoms with E-state index in [1.165, 1.54) is 19.3 Å². The fourth-order valence-electron chi connectivity index (χ4n) is 3.13. The molecule has 0 aromatic carbocycles. The second kappa shape index (κ2) is 2.22. The standard InChI is InChI=1S/C10H18O/c1-4-10-6-5-9(7(10)2)8(3)11-10/h7-9H,4-6H2,1-3H3/t7-,8+,9+,10-/m1/s1. The lowest BCUT2D eigenvalue weighted by molar-refractivity contribution is -0.0717. The van der Waals surface area contributed by atoms with Gasteiger partial charge in [-0.05, 0) is 38.0 Å². The van der Waals surface area contributed by atoms with Gasteiger partial charge < -0.3 is 4.74 Å². The van der Waals surface area contributed by atoms with Gasteiger partial charge in [-0.1, -0.05) is 13.8 Å². The average Bonchev–Trinajstić information content (AvgIpc) is 2.42. The topological polar surface area (TPSA) is 9.23 Å². The van der Waals surface area contributed by atoms with Crippen molar-refractivity contribution < 1.29 is 4.74 Å². The van der Waals surface area contributed by atoms with E-state index in [4.69, 9.17) is 4.74 Å². The quantitative estimate of drug-likeness (QED) is 0.564. The third-order valence-electron chi connectivity index (χ3n) is 3.99. The van der Waals surface area contributed by atoms with Gasteiger partial charge in [-0.2, -0.15) is 0 Å². The van der Waals surface area contributed by atoms with Crippen LogP contribution in [-0.2, 0) is 4.74 Å². The lowest BCUT2D eigenvalue weighted by Gasteiger charge is -2.29. The van der Waals surface area contributed by atoms with Crippen LogP contribution in [0.15, 0.2) is 0 Å². The van der Waals surface area contributed by atoms with Gasteiger partial charge in [0.2, 0.25) is 0 Å². The molecule has 1 aliphatic carbocycles. The molecular weight excluding hydrogens is 136 g/mol. The minimum atomic E-state index is 0.282. The van der Waals surface area contributed by atoms with Crippen LogP contribution >= 0.6 is 0 Å². The highest BCUT2D eigenvalue weighted by molar-refractivity contribution is 5.03. The number of fused-ring (bicyclic) bond motifs is 2. The van der Waals surface area contributed by atoms with Crippen molar-refractivity contribution in [1.29, 1.82) is 0 Å². The smallest absolute Gasteiger partial charge is 0.0712 e. The molecule has 0 aromatic rings. The Morgan fingerprint density at radius 3 is 2.45 bits per heavy atom. The van der Waals surface area contributed by atoms with Gasteiger partial charge in [0.25, 0.3) is 0 Å². The van der Waals surface area contributed by atoms with E-state index < -0.39 is 0 Å². The molecule has 0 unspecified atom stereocenters. The lowest BCUT2D eigenvalue weighted by atomic mass is 9.87. The van der Waals surface area contributed by atoms with Crippen LogP contribution in [-0.4, -0.2) is 11.7 Å². The van der Waals surface area contributed by atoms with Crippen molar-refractivity contribution in [3.8, 4) is 0 Å². The van der Waals surface area contributed by atoms with Gasteiger partial charge >= 0.3 is 0 Å². The molecule has 2 rings (SSSR count). The molecule has 2 fully saturated rings. The molecule has 11 heavy (non-hydrogen) atoms. The lowest BCUT2D eigenvalue weighted by Crippen LogP contribution is -2.31. The molecule has 1 saturated heterocycles. The predicted molar refractivity (Wildman–Crippen MR) is 45.5 cm³/mol. The Morgan fingerprint density at radius 1 is 1.45 bits per heavy atom. The Hall–Kier alpha value is -0.0400. The molecule has 1 heterocycles. The Kier molecular flexibility index (Phi) is 1.54. The first kappa shape index (κ1) is 7.60. The van der Waals surface area contributed by atoms with Crippen LogP contribution in [0.1, 0.15) is 40.0 Å². The highest BCUT2D eigenvalue weighted by atomic mass is 16.5. The Balaban J connectivity index is 2.24. The largest absolute Gasteiger partial charge is 0.371 e. The molecule has 1 aliphatic heterocycles. The van der Waals surface area contributed by atoms with Gasteiger partial charge in [-0.15, -0.1) is 0 Å². The summed E-state index contributed by atoms with van der Waals surface area (Å²) in [6.07, 6.45) is 4.43. The number of hydrogen-bond donors (Lipinski definition) is 0. The third kappa shape index (κ3) is 0.807. The minimum Gasteiger partial charge on any atom is -0.371 e. The zero-order chi connectivity index (χ0) is 8.06. The van der Waals surface area contributed by atoms with Crippen molar-refractivity contribution in [1.82, 2.24) is 0 Å². The summed E-state index contributed by atoms with van der Waals surface area (Å²) in [5.41, 5.74) is 0.282. The Labute approximate surface area is 69.1 Å². The van der Waals surface area contributed by atoms with Crippen molar-refractivity contribution in [3.05, 3.63) is 0 Å². The third-order valence-corrected chi connectivity index (χ3v) is 3.99. The van der Waals surface area contributed by atoms with Crippen LogP contribution in [0, 0.1) is 11.8 Å². The van der Waals surface area contributed by atoms with Crippen LogP contribution in [0.2, 0.25) is 0 Å². The van der Waals surface area contributed by atoms with Gasteiger partial charge in [0, 0.05) is 0 Å². The monoisotopic (exact) mass is 154 g/mol. The first-order chi connectivity index (χ1) is 5.19. The van der Waals surface area contributed by atoms with Crippen LogP contribution in [0.5, 0.6) is 0 Å². The van der Waals surface area contributed by atoms with E-state index in [0.29, 0.717) is 6.10 Å². The maximum atomic E-state index is 6.01. The van der Waals surface area contributed by atoms with E-state index in [1.807, 2.05) is 0 Å². The van der Waals surface area contributed by atoms with E-state index in [-0.39, 0.29) is 5.60 Å². The molecule has 0 aromatic heterocycles. The number of ether oxygens (including phenoxy) is 1. The molecule has 2 bridgehead atoms. The Morgan fingerprint density at radius 2 is 2.18 bits per heavy atom. The highest BCUT2D eigenvalue weighted by Gasteiger charge is 2.54. The molecule has 64 valence electrons. The maximum Gasteiger partial charge on any atom is 0.0712 e. The molecule has 1 saturated carbocycles. The van der Waals surface area contributed by atoms with Gasteiger partial charge in [0.15, 0.2) is 0 Å². The van der Waals surface area contributed by atoms with Crippen molar-refractivity contribution >= 4 is 0 Å². The first-order valence-electron chi connectivity index (χ1n) is 4.87. The summed E-state index contributed by atoms with van der Waals surface area (Å²) in [4.78, 5) is 0. The van der Waals surface area contributed by atoms with Gasteiger partial charge in [0.05, 0.1) is 11.7 Å². The summed E-state index contributed by atoms with van der Waals surface area (Å²) in [6, 6.07) is 0. The first-order valence-corrected chi connectivity index (χ1v) is 4.87. The van der Waals surface area contributed by atoms with E-state index in [2.05, 4.69) is 20.8 Å². The van der Waals surface area contributed by atoms with Gasteiger partial charge in [-0.3, -0.25) is 0 Å². The zero-order valence-corrected chi connectivity index (χ0v) is 7.76. The van der Waals surface area contributed by atoms with Crippen molar-refractivity contribution in [2.24, 2.45) is 11.8 Å². The van der Waals surface area contributed by atoms with Crippen molar-refractivity contribution in [3.63, 3.8) is 0 Å². The molecule has 2 aliphatic rings. The zero-order valence-electron chi connectivity index (χ0n) is 7.76. The van der Waals surface area contributed by atoms with Crippen molar-refractivity contribution in [2.75, 3.05) is 0 Å². The maximum absolute atomic E-state index is 6.01. The normalized spacial score (nSPS) is 55.4. The average molecular weight is 154 g/mol. The fourth-order valence-corrected chi connectivity index (χ4v) is 3.13. The highest BCUT2D eigenvalue weighted by Crippen LogP contribution is 2.53. The number of rotatable bonds is 1. The summed E-state index contributed by atoms with van der Waals surface area (Å²) < 4.78 is 6.01. The van der Waals surface area contributed by atoms with E-state index in [0.717, 1.165) is 11.8 Å². The summed E-state index contributed by atoms with van der Waals surface area (Å²) in [6.45, 7) is 6.86. The molecule has 0 N–H and O–H groups in total. The molecule has 1 heteroatoms. The second-order valence-electron chi connectivity index (χ2n) is 4.23. The Bertz CT molecular complexity index is 166. The summed E-state index contributed by atoms with van der Waals surface area (Å²) >= 11 is 0. The summed E-state index contributed by atoms with van der Waals surface area (Å²) in [7, 11) is 0. The number of hydrogen-bond acceptors (Lipinski definition) is 1. The van der Waals surface area contributed by atoms with Gasteiger partial charge in [0.1, 0.15) is 0 Å². The molecule has 0 amide bonds. The SMILES string of the molecule is CC[C@]12CC[C@H]([C@H](C)O1)[C@H]2C. The summed E-state index contributed by atoms with van der Waals surface area (Å²) in [5.74, 6) is 1.66. The van der Waals surface area contributed by atoms with Crippen molar-refractivity contribution in [2.45, 2.75) is 51.7 Å². The second-order valence-corrected chi connectivity index (χ2v) is 4.23. The van der Waals surface area contributed by atoms with E-state index in [1.54, 1.807) is 0 Å². The molecule has 4 atom stereocenters. The van der Waals surface area contributed by atoms with Crippen LogP contribution in [0.3, 0.4) is 0 Å². The fraction of sp³-hybridized carbons (Fsp3) is 1.00. The molecule has 1 nitrogen and oxygen atoms in total. The molecular formula is C10H18O. The molecule has 0 spiro atoms. The molecule has 0 radical (unpaired) electrons. The predicted octanol–water partition coefficient (Wildman–Crippen LogP) is 2.60. The van der Waals surface area contributed by atoms with Crippen LogP contribution in [0.25, 0.3) is 0 Å². The van der Waals surface area contributed by atoms with Crippen LogP contribution < -0.4 is 0 Å². The summed E-state index contributed by atoms with van der Waals surface area (Å²) in [5, 5.41) is 0. The van der Waals surface area contributed by atoms with Gasteiger partial charge in [-0.25, -0.2) is 0 Å². The van der Waals surface area contributed by atoms with Crippen LogP contribution in [0.4, 0.5) is 0 Å². The van der Waals surface area contributed by atoms with E-state index >= 15 is 0 Å². The van der Waals surface area contributed by atoms with E-state index in [9.17, 15) is 0 Å². The minimum absolute atomic E-state index is 0.282.